The van der Waals surface area contributed by atoms with E-state index in [1.165, 1.54) is 18.4 Å². The van der Waals surface area contributed by atoms with E-state index >= 15 is 0 Å². The Labute approximate surface area is 165 Å². The topological polar surface area (TPSA) is 63.6 Å². The maximum absolute atomic E-state index is 13.7. The molecule has 9 heteroatoms. The highest BCUT2D eigenvalue weighted by Crippen LogP contribution is 2.33. The molecule has 1 amide bonds. The molecule has 2 atom stereocenters. The zero-order chi connectivity index (χ0) is 20.9. The number of carbonyl (C=O) groups is 1. The van der Waals surface area contributed by atoms with Crippen molar-refractivity contribution in [2.24, 2.45) is 5.92 Å². The molecule has 154 valence electrons. The van der Waals surface area contributed by atoms with Gasteiger partial charge in [-0.25, -0.2) is 9.50 Å². The van der Waals surface area contributed by atoms with Gasteiger partial charge in [0, 0.05) is 18.2 Å². The monoisotopic (exact) mass is 406 g/mol. The number of nitrogens with zero attached hydrogens (tertiary/aromatic N) is 4. The summed E-state index contributed by atoms with van der Waals surface area (Å²) in [5.41, 5.74) is -1.09. The fraction of sp³-hybridized carbons (Fsp3) is 0.450. The highest BCUT2D eigenvalue weighted by molar-refractivity contribution is 5.94. The molecule has 0 radical (unpaired) electrons. The lowest BCUT2D eigenvalue weighted by Crippen LogP contribution is -2.49. The van der Waals surface area contributed by atoms with E-state index in [2.05, 4.69) is 17.0 Å². The van der Waals surface area contributed by atoms with Crippen molar-refractivity contribution in [1.82, 2.24) is 19.5 Å². The smallest absolute Gasteiger partial charge is 0.433 e. The maximum atomic E-state index is 13.7. The van der Waals surface area contributed by atoms with Crippen LogP contribution in [0.15, 0.2) is 34.9 Å². The van der Waals surface area contributed by atoms with Gasteiger partial charge in [-0.3, -0.25) is 4.79 Å². The van der Waals surface area contributed by atoms with Crippen molar-refractivity contribution in [3.8, 4) is 11.5 Å². The molecule has 0 aliphatic carbocycles. The average molecular weight is 406 g/mol. The van der Waals surface area contributed by atoms with Gasteiger partial charge in [0.05, 0.1) is 6.26 Å². The first-order valence-electron chi connectivity index (χ1n) is 9.49. The molecule has 0 spiro atoms. The summed E-state index contributed by atoms with van der Waals surface area (Å²) >= 11 is 0. The molecule has 0 aromatic carbocycles. The van der Waals surface area contributed by atoms with Crippen molar-refractivity contribution in [2.45, 2.75) is 51.9 Å². The summed E-state index contributed by atoms with van der Waals surface area (Å²) in [6.45, 7) is 6.04. The molecule has 6 nitrogen and oxygen atoms in total. The predicted molar refractivity (Wildman–Crippen MR) is 99.2 cm³/mol. The van der Waals surface area contributed by atoms with Gasteiger partial charge >= 0.3 is 6.18 Å². The molecule has 1 aliphatic heterocycles. The standard InChI is InChI=1S/C20H21F3N4O2/c1-11-7-12(2)26(13(3)8-11)19(28)15-10-18-24-14(16-5-4-6-29-16)9-17(20(21,22)23)27(18)25-15/h4-6,9-13H,7-8H2,1-3H3/t12-,13-/m0/s1. The van der Waals surface area contributed by atoms with Crippen molar-refractivity contribution in [3.05, 3.63) is 41.9 Å². The van der Waals surface area contributed by atoms with Crippen LogP contribution in [-0.4, -0.2) is 37.5 Å². The molecule has 0 bridgehead atoms. The number of halogens is 3. The van der Waals surface area contributed by atoms with E-state index in [0.29, 0.717) is 10.4 Å². The number of alkyl halides is 3. The summed E-state index contributed by atoms with van der Waals surface area (Å²) in [5.74, 6) is 0.314. The SMILES string of the molecule is CC1C[C@H](C)N(C(=O)c2cc3nc(-c4ccco4)cc(C(F)(F)F)n3n2)[C@@H](C)C1. The number of furan rings is 1. The average Bonchev–Trinajstić information content (AvgIpc) is 3.28. The number of rotatable bonds is 2. The Hall–Kier alpha value is -2.84. The number of aromatic nitrogens is 3. The molecule has 29 heavy (non-hydrogen) atoms. The van der Waals surface area contributed by atoms with Gasteiger partial charge in [0.1, 0.15) is 5.69 Å². The van der Waals surface area contributed by atoms with Crippen LogP contribution in [0.4, 0.5) is 13.2 Å². The first-order valence-corrected chi connectivity index (χ1v) is 9.49. The van der Waals surface area contributed by atoms with Crippen molar-refractivity contribution in [2.75, 3.05) is 0 Å². The Morgan fingerprint density at radius 1 is 1.17 bits per heavy atom. The van der Waals surface area contributed by atoms with E-state index in [-0.39, 0.29) is 40.8 Å². The summed E-state index contributed by atoms with van der Waals surface area (Å²) in [6, 6.07) is 5.25. The van der Waals surface area contributed by atoms with Crippen LogP contribution < -0.4 is 0 Å². The van der Waals surface area contributed by atoms with Crippen LogP contribution in [-0.2, 0) is 6.18 Å². The van der Waals surface area contributed by atoms with Crippen LogP contribution in [0.2, 0.25) is 0 Å². The van der Waals surface area contributed by atoms with Gasteiger partial charge in [0.2, 0.25) is 0 Å². The molecular weight excluding hydrogens is 385 g/mol. The molecular formula is C20H21F3N4O2. The van der Waals surface area contributed by atoms with Crippen LogP contribution >= 0.6 is 0 Å². The second-order valence-electron chi connectivity index (χ2n) is 7.79. The summed E-state index contributed by atoms with van der Waals surface area (Å²) in [6.07, 6.45) is -1.62. The first kappa shape index (κ1) is 19.5. The Balaban J connectivity index is 1.80. The zero-order valence-electron chi connectivity index (χ0n) is 16.3. The number of hydrogen-bond acceptors (Lipinski definition) is 4. The third-order valence-electron chi connectivity index (χ3n) is 5.38. The van der Waals surface area contributed by atoms with Gasteiger partial charge in [-0.15, -0.1) is 0 Å². The van der Waals surface area contributed by atoms with Crippen molar-refractivity contribution < 1.29 is 22.4 Å². The van der Waals surface area contributed by atoms with Gasteiger partial charge in [-0.2, -0.15) is 18.3 Å². The summed E-state index contributed by atoms with van der Waals surface area (Å²) in [4.78, 5) is 19.0. The molecule has 1 aliphatic rings. The van der Waals surface area contributed by atoms with Gasteiger partial charge < -0.3 is 9.32 Å². The minimum absolute atomic E-state index is 0.0141. The van der Waals surface area contributed by atoms with E-state index in [4.69, 9.17) is 4.42 Å². The summed E-state index contributed by atoms with van der Waals surface area (Å²) in [7, 11) is 0. The van der Waals surface area contributed by atoms with Gasteiger partial charge in [-0.05, 0) is 50.8 Å². The summed E-state index contributed by atoms with van der Waals surface area (Å²) in [5, 5.41) is 3.98. The Morgan fingerprint density at radius 2 is 1.86 bits per heavy atom. The van der Waals surface area contributed by atoms with Crippen LogP contribution in [0.25, 0.3) is 17.1 Å². The molecule has 0 N–H and O–H groups in total. The summed E-state index contributed by atoms with van der Waals surface area (Å²) < 4.78 is 46.8. The number of likely N-dealkylation sites (tertiary alicyclic amines) is 1. The number of hydrogen-bond donors (Lipinski definition) is 0. The highest BCUT2D eigenvalue weighted by Gasteiger charge is 2.37. The number of amides is 1. The highest BCUT2D eigenvalue weighted by atomic mass is 19.4. The van der Waals surface area contributed by atoms with Crippen molar-refractivity contribution >= 4 is 11.6 Å². The molecule has 1 saturated heterocycles. The first-order chi connectivity index (χ1) is 13.6. The molecule has 3 aromatic rings. The number of carbonyl (C=O) groups excluding carboxylic acids is 1. The second-order valence-corrected chi connectivity index (χ2v) is 7.79. The van der Waals surface area contributed by atoms with Crippen molar-refractivity contribution in [3.63, 3.8) is 0 Å². The normalized spacial score (nSPS) is 23.0. The Kier molecular flexibility index (Phi) is 4.63. The number of piperidine rings is 1. The van der Waals surface area contributed by atoms with Gasteiger partial charge in [0.25, 0.3) is 5.91 Å². The van der Waals surface area contributed by atoms with Crippen molar-refractivity contribution in [1.29, 1.82) is 0 Å². The third-order valence-corrected chi connectivity index (χ3v) is 5.38. The molecule has 3 aromatic heterocycles. The molecule has 1 fully saturated rings. The Bertz CT molecular complexity index is 1030. The minimum atomic E-state index is -4.67. The molecule has 0 unspecified atom stereocenters. The largest absolute Gasteiger partial charge is 0.463 e. The molecule has 4 heterocycles. The van der Waals surface area contributed by atoms with E-state index in [1.54, 1.807) is 11.0 Å². The number of fused-ring (bicyclic) bond motifs is 1. The van der Waals surface area contributed by atoms with E-state index < -0.39 is 11.9 Å². The van der Waals surface area contributed by atoms with E-state index in [0.717, 1.165) is 18.9 Å². The van der Waals surface area contributed by atoms with Gasteiger partial charge in [-0.1, -0.05) is 6.92 Å². The van der Waals surface area contributed by atoms with Crippen LogP contribution in [0, 0.1) is 5.92 Å². The fourth-order valence-electron chi connectivity index (χ4n) is 4.29. The van der Waals surface area contributed by atoms with E-state index in [1.807, 2.05) is 13.8 Å². The lowest BCUT2D eigenvalue weighted by Gasteiger charge is -2.41. The maximum Gasteiger partial charge on any atom is 0.433 e. The fourth-order valence-corrected chi connectivity index (χ4v) is 4.29. The van der Waals surface area contributed by atoms with E-state index in [9.17, 15) is 18.0 Å². The Morgan fingerprint density at radius 3 is 2.45 bits per heavy atom. The lowest BCUT2D eigenvalue weighted by molar-refractivity contribution is -0.142. The predicted octanol–water partition coefficient (Wildman–Crippen LogP) is 4.66. The van der Waals surface area contributed by atoms with Crippen LogP contribution in [0.1, 0.15) is 49.8 Å². The molecule has 4 rings (SSSR count). The van der Waals surface area contributed by atoms with Crippen LogP contribution in [0.5, 0.6) is 0 Å². The lowest BCUT2D eigenvalue weighted by atomic mass is 9.88. The van der Waals surface area contributed by atoms with Crippen LogP contribution in [0.3, 0.4) is 0 Å². The van der Waals surface area contributed by atoms with Gasteiger partial charge in [0.15, 0.2) is 22.8 Å². The quantitative estimate of drug-likeness (QED) is 0.621. The molecule has 0 saturated carbocycles. The zero-order valence-corrected chi connectivity index (χ0v) is 16.3. The minimum Gasteiger partial charge on any atom is -0.463 e. The second kappa shape index (κ2) is 6.89. The third kappa shape index (κ3) is 3.49.